The molecule has 2 fully saturated rings. The summed E-state index contributed by atoms with van der Waals surface area (Å²) in [5, 5.41) is 5.19. The van der Waals surface area contributed by atoms with Gasteiger partial charge in [-0.2, -0.15) is 9.97 Å². The zero-order chi connectivity index (χ0) is 20.4. The van der Waals surface area contributed by atoms with Gasteiger partial charge in [-0.3, -0.25) is 4.98 Å². The number of benzene rings is 1. The number of aromatic amines is 1. The average molecular weight is 405 g/mol. The van der Waals surface area contributed by atoms with Crippen LogP contribution in [0.15, 0.2) is 36.7 Å². The fourth-order valence-electron chi connectivity index (χ4n) is 4.56. The minimum absolute atomic E-state index is 0.146. The highest BCUT2D eigenvalue weighted by Crippen LogP contribution is 2.47. The van der Waals surface area contributed by atoms with E-state index >= 15 is 0 Å². The van der Waals surface area contributed by atoms with E-state index in [0.717, 1.165) is 47.1 Å². The van der Waals surface area contributed by atoms with Gasteiger partial charge in [0.15, 0.2) is 5.75 Å². The molecule has 4 N–H and O–H groups in total. The van der Waals surface area contributed by atoms with Crippen LogP contribution in [0.1, 0.15) is 0 Å². The quantitative estimate of drug-likeness (QED) is 0.479. The maximum atomic E-state index is 13.5. The SMILES string of the molecule is CNc1cccc2c1[nH]c1nc(Oc3cncc(F)c3)nc(N3CC4C(N)C4C3)c12. The third-order valence-corrected chi connectivity index (χ3v) is 6.16. The topological polar surface area (TPSA) is 105 Å². The van der Waals surface area contributed by atoms with Crippen LogP contribution < -0.4 is 20.7 Å². The fraction of sp³-hybridized carbons (Fsp3) is 0.286. The molecule has 9 heteroatoms. The largest absolute Gasteiger partial charge is 0.422 e. The van der Waals surface area contributed by atoms with Gasteiger partial charge in [-0.15, -0.1) is 0 Å². The Bertz CT molecular complexity index is 1280. The molecular weight excluding hydrogens is 385 g/mol. The molecule has 0 amide bonds. The number of H-pyrrole nitrogens is 1. The van der Waals surface area contributed by atoms with Gasteiger partial charge < -0.3 is 25.7 Å². The number of piperidine rings is 1. The fourth-order valence-corrected chi connectivity index (χ4v) is 4.56. The molecule has 152 valence electrons. The second-order valence-corrected chi connectivity index (χ2v) is 7.91. The average Bonchev–Trinajstić information content (AvgIpc) is 3.11. The minimum Gasteiger partial charge on any atom is -0.422 e. The zero-order valence-corrected chi connectivity index (χ0v) is 16.3. The minimum atomic E-state index is -0.480. The Morgan fingerprint density at radius 1 is 1.23 bits per heavy atom. The molecule has 0 spiro atoms. The van der Waals surface area contributed by atoms with Gasteiger partial charge in [0, 0.05) is 37.6 Å². The number of hydrogen-bond donors (Lipinski definition) is 3. The summed E-state index contributed by atoms with van der Waals surface area (Å²) >= 11 is 0. The van der Waals surface area contributed by atoms with Crippen molar-refractivity contribution in [3.63, 3.8) is 0 Å². The summed E-state index contributed by atoms with van der Waals surface area (Å²) in [5.41, 5.74) is 8.73. The normalized spacial score (nSPS) is 22.5. The number of hydrogen-bond acceptors (Lipinski definition) is 7. The first-order valence-corrected chi connectivity index (χ1v) is 9.91. The van der Waals surface area contributed by atoms with Crippen molar-refractivity contribution in [2.24, 2.45) is 17.6 Å². The highest BCUT2D eigenvalue weighted by molar-refractivity contribution is 6.14. The number of aromatic nitrogens is 4. The summed E-state index contributed by atoms with van der Waals surface area (Å²) in [6.07, 6.45) is 2.56. The van der Waals surface area contributed by atoms with Crippen molar-refractivity contribution in [1.82, 2.24) is 19.9 Å². The van der Waals surface area contributed by atoms with E-state index in [1.165, 1.54) is 12.3 Å². The van der Waals surface area contributed by atoms with Crippen molar-refractivity contribution in [2.75, 3.05) is 30.4 Å². The van der Waals surface area contributed by atoms with Crippen LogP contribution in [-0.2, 0) is 0 Å². The number of anilines is 2. The van der Waals surface area contributed by atoms with Crippen molar-refractivity contribution in [3.05, 3.63) is 42.5 Å². The Balaban J connectivity index is 1.52. The van der Waals surface area contributed by atoms with Crippen molar-refractivity contribution in [2.45, 2.75) is 6.04 Å². The summed E-state index contributed by atoms with van der Waals surface area (Å²) in [7, 11) is 1.88. The van der Waals surface area contributed by atoms with Crippen LogP contribution in [0, 0.1) is 17.7 Å². The number of nitrogens with two attached hydrogens (primary N) is 1. The van der Waals surface area contributed by atoms with E-state index < -0.39 is 5.82 Å². The molecule has 2 aliphatic rings. The van der Waals surface area contributed by atoms with E-state index in [4.69, 9.17) is 15.5 Å². The van der Waals surface area contributed by atoms with Crippen molar-refractivity contribution < 1.29 is 9.13 Å². The lowest BCUT2D eigenvalue weighted by Crippen LogP contribution is -2.29. The predicted octanol–water partition coefficient (Wildman–Crippen LogP) is 2.87. The molecule has 1 saturated heterocycles. The Kier molecular flexibility index (Phi) is 3.64. The van der Waals surface area contributed by atoms with Crippen LogP contribution in [0.5, 0.6) is 11.8 Å². The summed E-state index contributed by atoms with van der Waals surface area (Å²) < 4.78 is 19.3. The first-order valence-electron chi connectivity index (χ1n) is 9.91. The lowest BCUT2D eigenvalue weighted by Gasteiger charge is -2.21. The van der Waals surface area contributed by atoms with Crippen molar-refractivity contribution >= 4 is 33.4 Å². The second kappa shape index (κ2) is 6.27. The number of ether oxygens (including phenoxy) is 1. The molecule has 2 atom stereocenters. The van der Waals surface area contributed by atoms with Gasteiger partial charge in [-0.1, -0.05) is 12.1 Å². The molecular formula is C21H20FN7O. The molecule has 0 bridgehead atoms. The van der Waals surface area contributed by atoms with Crippen LogP contribution >= 0.6 is 0 Å². The van der Waals surface area contributed by atoms with Crippen LogP contribution in [0.3, 0.4) is 0 Å². The van der Waals surface area contributed by atoms with Gasteiger partial charge >= 0.3 is 6.01 Å². The van der Waals surface area contributed by atoms with E-state index in [0.29, 0.717) is 17.5 Å². The summed E-state index contributed by atoms with van der Waals surface area (Å²) in [6, 6.07) is 7.76. The Labute approximate surface area is 171 Å². The summed E-state index contributed by atoms with van der Waals surface area (Å²) in [4.78, 5) is 18.8. The van der Waals surface area contributed by atoms with E-state index in [2.05, 4.69) is 31.2 Å². The van der Waals surface area contributed by atoms with Gasteiger partial charge in [-0.25, -0.2) is 4.39 Å². The highest BCUT2D eigenvalue weighted by Gasteiger charge is 2.54. The molecule has 1 saturated carbocycles. The standard InChI is InChI=1S/C21H20FN7O/c1-24-15-4-2-3-12-16-19(26-18(12)15)27-21(30-11-5-10(22)6-25-7-11)28-20(16)29-8-13-14(9-29)17(13)23/h2-7,13-14,17,24H,8-9,23H2,1H3,(H,26,27,28). The number of nitrogens with one attached hydrogen (secondary N) is 2. The van der Waals surface area contributed by atoms with Crippen molar-refractivity contribution in [1.29, 1.82) is 0 Å². The van der Waals surface area contributed by atoms with Gasteiger partial charge in [0.25, 0.3) is 0 Å². The number of rotatable bonds is 4. The number of nitrogens with zero attached hydrogens (tertiary/aromatic N) is 4. The summed E-state index contributed by atoms with van der Waals surface area (Å²) in [6.45, 7) is 1.72. The molecule has 4 aromatic rings. The molecule has 1 aliphatic carbocycles. The molecule has 0 radical (unpaired) electrons. The summed E-state index contributed by atoms with van der Waals surface area (Å²) in [5.74, 6) is 1.58. The first-order chi connectivity index (χ1) is 14.6. The van der Waals surface area contributed by atoms with Crippen LogP contribution in [-0.4, -0.2) is 46.1 Å². The molecule has 1 aromatic carbocycles. The molecule has 2 unspecified atom stereocenters. The van der Waals surface area contributed by atoms with E-state index in [1.807, 2.05) is 19.2 Å². The monoisotopic (exact) mass is 405 g/mol. The molecule has 3 aromatic heterocycles. The smallest absolute Gasteiger partial charge is 0.326 e. The predicted molar refractivity (Wildman–Crippen MR) is 112 cm³/mol. The van der Waals surface area contributed by atoms with E-state index in [1.54, 1.807) is 0 Å². The number of halogens is 1. The lowest BCUT2D eigenvalue weighted by molar-refractivity contribution is 0.437. The van der Waals surface area contributed by atoms with Crippen LogP contribution in [0.25, 0.3) is 21.9 Å². The van der Waals surface area contributed by atoms with Gasteiger partial charge in [0.05, 0.1) is 29.0 Å². The third-order valence-electron chi connectivity index (χ3n) is 6.16. The molecule has 30 heavy (non-hydrogen) atoms. The van der Waals surface area contributed by atoms with Gasteiger partial charge in [0.1, 0.15) is 17.3 Å². The highest BCUT2D eigenvalue weighted by atomic mass is 19.1. The van der Waals surface area contributed by atoms with Crippen LogP contribution in [0.4, 0.5) is 15.9 Å². The Hall–Kier alpha value is -3.46. The Morgan fingerprint density at radius 3 is 2.83 bits per heavy atom. The van der Waals surface area contributed by atoms with Crippen molar-refractivity contribution in [3.8, 4) is 11.8 Å². The zero-order valence-electron chi connectivity index (χ0n) is 16.3. The van der Waals surface area contributed by atoms with E-state index in [-0.39, 0.29) is 17.8 Å². The number of pyridine rings is 1. The molecule has 8 nitrogen and oxygen atoms in total. The van der Waals surface area contributed by atoms with Gasteiger partial charge in [0.2, 0.25) is 0 Å². The molecule has 1 aliphatic heterocycles. The molecule has 6 rings (SSSR count). The van der Waals surface area contributed by atoms with Gasteiger partial charge in [-0.05, 0) is 17.9 Å². The Morgan fingerprint density at radius 2 is 2.07 bits per heavy atom. The first kappa shape index (κ1) is 17.4. The lowest BCUT2D eigenvalue weighted by atomic mass is 10.1. The maximum absolute atomic E-state index is 13.5. The van der Waals surface area contributed by atoms with Crippen LogP contribution in [0.2, 0.25) is 0 Å². The third kappa shape index (κ3) is 2.58. The molecule has 4 heterocycles. The maximum Gasteiger partial charge on any atom is 0.326 e. The number of fused-ring (bicyclic) bond motifs is 4. The second-order valence-electron chi connectivity index (χ2n) is 7.91. The number of para-hydroxylation sites is 1. The van der Waals surface area contributed by atoms with E-state index in [9.17, 15) is 4.39 Å².